The van der Waals surface area contributed by atoms with Crippen LogP contribution in [0.1, 0.15) is 29.7 Å². The summed E-state index contributed by atoms with van der Waals surface area (Å²) in [7, 11) is 0. The number of aromatic nitrogens is 1. The van der Waals surface area contributed by atoms with Crippen LogP contribution >= 0.6 is 0 Å². The van der Waals surface area contributed by atoms with Gasteiger partial charge in [0.15, 0.2) is 0 Å². The number of anilines is 1. The lowest BCUT2D eigenvalue weighted by atomic mass is 9.95. The van der Waals surface area contributed by atoms with Crippen molar-refractivity contribution in [3.05, 3.63) is 47.2 Å². The molecule has 1 aliphatic carbocycles. The van der Waals surface area contributed by atoms with E-state index in [9.17, 15) is 5.26 Å². The largest absolute Gasteiger partial charge is 0.384 e. The normalized spacial score (nSPS) is 13.9. The third kappa shape index (κ3) is 1.50. The van der Waals surface area contributed by atoms with Gasteiger partial charge < -0.3 is 5.73 Å². The highest BCUT2D eigenvalue weighted by Gasteiger charge is 2.23. The molecule has 1 aliphatic rings. The fourth-order valence-electron chi connectivity index (χ4n) is 2.81. The number of nitriles is 1. The van der Waals surface area contributed by atoms with E-state index in [1.54, 1.807) is 0 Å². The van der Waals surface area contributed by atoms with E-state index in [-0.39, 0.29) is 0 Å². The van der Waals surface area contributed by atoms with E-state index >= 15 is 0 Å². The molecule has 0 bridgehead atoms. The van der Waals surface area contributed by atoms with Crippen LogP contribution in [0, 0.1) is 11.3 Å². The van der Waals surface area contributed by atoms with Crippen molar-refractivity contribution in [2.45, 2.75) is 25.7 Å². The highest BCUT2D eigenvalue weighted by atomic mass is 15.1. The second kappa shape index (κ2) is 4.23. The molecule has 0 aliphatic heterocycles. The van der Waals surface area contributed by atoms with Crippen molar-refractivity contribution >= 4 is 5.82 Å². The van der Waals surface area contributed by atoms with Gasteiger partial charge in [-0.2, -0.15) is 5.26 Å². The molecule has 0 spiro atoms. The van der Waals surface area contributed by atoms with E-state index in [0.29, 0.717) is 11.4 Å². The predicted molar refractivity (Wildman–Crippen MR) is 71.5 cm³/mol. The molecule has 1 aromatic carbocycles. The molecular formula is C15H15N3. The fraction of sp³-hybridized carbons (Fsp3) is 0.267. The molecule has 3 heteroatoms. The summed E-state index contributed by atoms with van der Waals surface area (Å²) in [5, 5.41) is 9.29. The first kappa shape index (κ1) is 10.9. The van der Waals surface area contributed by atoms with Crippen molar-refractivity contribution in [2.75, 3.05) is 5.73 Å². The maximum absolute atomic E-state index is 9.29. The van der Waals surface area contributed by atoms with Gasteiger partial charge in [0.05, 0.1) is 5.56 Å². The highest BCUT2D eigenvalue weighted by molar-refractivity contribution is 5.63. The van der Waals surface area contributed by atoms with Gasteiger partial charge >= 0.3 is 0 Å². The first-order valence-electron chi connectivity index (χ1n) is 6.30. The highest BCUT2D eigenvalue weighted by Crippen LogP contribution is 2.33. The monoisotopic (exact) mass is 237 g/mol. The smallest absolute Gasteiger partial charge is 0.126 e. The summed E-state index contributed by atoms with van der Waals surface area (Å²) in [4.78, 5) is 0. The van der Waals surface area contributed by atoms with Crippen LogP contribution < -0.4 is 5.73 Å². The summed E-state index contributed by atoms with van der Waals surface area (Å²) >= 11 is 0. The van der Waals surface area contributed by atoms with Crippen LogP contribution in [0.4, 0.5) is 5.82 Å². The Balaban J connectivity index is 2.27. The summed E-state index contributed by atoms with van der Waals surface area (Å²) in [5.74, 6) is 0.593. The van der Waals surface area contributed by atoms with Crippen LogP contribution in [0.2, 0.25) is 0 Å². The van der Waals surface area contributed by atoms with E-state index in [4.69, 9.17) is 5.73 Å². The van der Waals surface area contributed by atoms with Gasteiger partial charge in [0.2, 0.25) is 0 Å². The van der Waals surface area contributed by atoms with Crippen LogP contribution in [0.25, 0.3) is 5.69 Å². The Bertz CT molecular complexity index is 617. The number of nitrogen functional groups attached to an aromatic ring is 1. The quantitative estimate of drug-likeness (QED) is 0.829. The Morgan fingerprint density at radius 2 is 1.83 bits per heavy atom. The van der Waals surface area contributed by atoms with Gasteiger partial charge in [-0.15, -0.1) is 0 Å². The standard InChI is InChI=1S/C15H15N3/c16-10-13-12-8-4-5-9-14(12)18(15(13)17)11-6-2-1-3-7-11/h1-3,6-7H,4-5,8-9,17H2. The predicted octanol–water partition coefficient (Wildman–Crippen LogP) is 2.81. The molecule has 2 N–H and O–H groups in total. The third-order valence-corrected chi connectivity index (χ3v) is 3.63. The number of fused-ring (bicyclic) bond motifs is 1. The van der Waals surface area contributed by atoms with Crippen LogP contribution in [-0.4, -0.2) is 4.57 Å². The van der Waals surface area contributed by atoms with E-state index in [1.165, 1.54) is 12.1 Å². The molecule has 1 aromatic heterocycles. The van der Waals surface area contributed by atoms with E-state index in [0.717, 1.165) is 30.5 Å². The van der Waals surface area contributed by atoms with Crippen molar-refractivity contribution < 1.29 is 0 Å². The third-order valence-electron chi connectivity index (χ3n) is 3.63. The van der Waals surface area contributed by atoms with Crippen LogP contribution in [0.15, 0.2) is 30.3 Å². The molecule has 0 radical (unpaired) electrons. The van der Waals surface area contributed by atoms with Crippen LogP contribution in [-0.2, 0) is 12.8 Å². The Hall–Kier alpha value is -2.21. The maximum atomic E-state index is 9.29. The fourth-order valence-corrected chi connectivity index (χ4v) is 2.81. The molecule has 0 saturated heterocycles. The number of hydrogen-bond acceptors (Lipinski definition) is 2. The second-order valence-corrected chi connectivity index (χ2v) is 4.68. The first-order chi connectivity index (χ1) is 8.83. The summed E-state index contributed by atoms with van der Waals surface area (Å²) in [6.45, 7) is 0. The maximum Gasteiger partial charge on any atom is 0.126 e. The number of nitrogens with two attached hydrogens (primary N) is 1. The molecule has 0 fully saturated rings. The van der Waals surface area contributed by atoms with Gasteiger partial charge in [-0.1, -0.05) is 18.2 Å². The molecule has 18 heavy (non-hydrogen) atoms. The van der Waals surface area contributed by atoms with Gasteiger partial charge in [-0.05, 0) is 43.4 Å². The second-order valence-electron chi connectivity index (χ2n) is 4.68. The number of nitrogens with zero attached hydrogens (tertiary/aromatic N) is 2. The summed E-state index contributed by atoms with van der Waals surface area (Å²) in [6.07, 6.45) is 4.31. The molecular weight excluding hydrogens is 222 g/mol. The molecule has 3 nitrogen and oxygen atoms in total. The van der Waals surface area contributed by atoms with Gasteiger partial charge in [0.25, 0.3) is 0 Å². The van der Waals surface area contributed by atoms with Gasteiger partial charge in [0.1, 0.15) is 11.9 Å². The molecule has 1 heterocycles. The van der Waals surface area contributed by atoms with E-state index in [1.807, 2.05) is 34.9 Å². The summed E-state index contributed by atoms with van der Waals surface area (Å²) < 4.78 is 2.05. The lowest BCUT2D eigenvalue weighted by molar-refractivity contribution is 0.663. The summed E-state index contributed by atoms with van der Waals surface area (Å²) in [6, 6.07) is 12.3. The Labute approximate surface area is 106 Å². The van der Waals surface area contributed by atoms with Crippen LogP contribution in [0.3, 0.4) is 0 Å². The lowest BCUT2D eigenvalue weighted by Gasteiger charge is -2.15. The SMILES string of the molecule is N#Cc1c2c(n(-c3ccccc3)c1N)CCCC2. The minimum absolute atomic E-state index is 0.593. The Morgan fingerprint density at radius 3 is 2.56 bits per heavy atom. The summed E-state index contributed by atoms with van der Waals surface area (Å²) in [5.41, 5.74) is 10.3. The number of rotatable bonds is 1. The Morgan fingerprint density at radius 1 is 1.11 bits per heavy atom. The lowest BCUT2D eigenvalue weighted by Crippen LogP contribution is -2.08. The minimum atomic E-state index is 0.593. The van der Waals surface area contributed by atoms with Crippen molar-refractivity contribution in [2.24, 2.45) is 0 Å². The number of benzene rings is 1. The zero-order valence-corrected chi connectivity index (χ0v) is 10.2. The molecule has 3 rings (SSSR count). The topological polar surface area (TPSA) is 54.7 Å². The van der Waals surface area contributed by atoms with Crippen molar-refractivity contribution in [3.63, 3.8) is 0 Å². The van der Waals surface area contributed by atoms with Crippen molar-refractivity contribution in [1.82, 2.24) is 4.57 Å². The molecule has 0 amide bonds. The number of para-hydroxylation sites is 1. The average molecular weight is 237 g/mol. The zero-order chi connectivity index (χ0) is 12.5. The molecule has 0 atom stereocenters. The van der Waals surface area contributed by atoms with Crippen LogP contribution in [0.5, 0.6) is 0 Å². The van der Waals surface area contributed by atoms with Gasteiger partial charge in [-0.25, -0.2) is 0 Å². The van der Waals surface area contributed by atoms with E-state index in [2.05, 4.69) is 6.07 Å². The van der Waals surface area contributed by atoms with E-state index < -0.39 is 0 Å². The zero-order valence-electron chi connectivity index (χ0n) is 10.2. The molecule has 0 saturated carbocycles. The van der Waals surface area contributed by atoms with Gasteiger partial charge in [-0.3, -0.25) is 4.57 Å². The number of hydrogen-bond donors (Lipinski definition) is 1. The Kier molecular flexibility index (Phi) is 2.56. The first-order valence-corrected chi connectivity index (χ1v) is 6.30. The van der Waals surface area contributed by atoms with Gasteiger partial charge in [0, 0.05) is 11.4 Å². The van der Waals surface area contributed by atoms with Crippen molar-refractivity contribution in [1.29, 1.82) is 5.26 Å². The molecule has 2 aromatic rings. The van der Waals surface area contributed by atoms with Crippen molar-refractivity contribution in [3.8, 4) is 11.8 Å². The molecule has 0 unspecified atom stereocenters. The average Bonchev–Trinajstić information content (AvgIpc) is 2.71. The minimum Gasteiger partial charge on any atom is -0.384 e. The molecule has 90 valence electrons.